The molecule has 1 aliphatic carbocycles. The first kappa shape index (κ1) is 23.1. The Bertz CT molecular complexity index is 1010. The third-order valence-corrected chi connectivity index (χ3v) is 7.96. The fraction of sp³-hybridized carbons (Fsp3) is 0.500. The number of aliphatic hydroxyl groups is 1. The van der Waals surface area contributed by atoms with Crippen LogP contribution < -0.4 is 5.32 Å². The molecule has 0 aromatic heterocycles. The van der Waals surface area contributed by atoms with Gasteiger partial charge in [0.1, 0.15) is 5.54 Å². The van der Waals surface area contributed by atoms with Gasteiger partial charge in [-0.3, -0.25) is 4.90 Å². The minimum absolute atomic E-state index is 0.149. The van der Waals surface area contributed by atoms with Crippen LogP contribution in [0.1, 0.15) is 54.9 Å². The first-order valence-corrected chi connectivity index (χ1v) is 11.8. The molecule has 0 saturated heterocycles. The second-order valence-electron chi connectivity index (χ2n) is 9.79. The summed E-state index contributed by atoms with van der Waals surface area (Å²) in [6.07, 6.45) is 2.54. The third kappa shape index (κ3) is 3.91. The van der Waals surface area contributed by atoms with Crippen molar-refractivity contribution in [2.75, 3.05) is 18.5 Å². The number of aliphatic carboxylic acids is 1. The fourth-order valence-electron chi connectivity index (χ4n) is 5.58. The Morgan fingerprint density at radius 3 is 2.56 bits per heavy atom. The van der Waals surface area contributed by atoms with Crippen LogP contribution in [-0.2, 0) is 16.9 Å². The summed E-state index contributed by atoms with van der Waals surface area (Å²) in [6.45, 7) is 7.89. The zero-order valence-corrected chi connectivity index (χ0v) is 19.9. The van der Waals surface area contributed by atoms with Crippen molar-refractivity contribution in [2.24, 2.45) is 5.92 Å². The lowest BCUT2D eigenvalue weighted by molar-refractivity contribution is -0.145. The highest BCUT2D eigenvalue weighted by atomic mass is 35.5. The zero-order chi connectivity index (χ0) is 23.1. The number of halogens is 1. The normalized spacial score (nSPS) is 26.2. The molecule has 3 N–H and O–H groups in total. The molecule has 1 spiro atoms. The molecule has 0 amide bonds. The van der Waals surface area contributed by atoms with Crippen LogP contribution in [0.2, 0.25) is 5.02 Å². The van der Waals surface area contributed by atoms with Gasteiger partial charge < -0.3 is 15.5 Å². The Labute approximate surface area is 195 Å². The number of aliphatic hydroxyl groups excluding tert-OH is 1. The largest absolute Gasteiger partial charge is 0.480 e. The van der Waals surface area contributed by atoms with Crippen molar-refractivity contribution in [2.45, 2.75) is 64.1 Å². The summed E-state index contributed by atoms with van der Waals surface area (Å²) in [5.74, 6) is -0.648. The molecule has 1 fully saturated rings. The zero-order valence-electron chi connectivity index (χ0n) is 19.1. The molecule has 4 rings (SSSR count). The number of nitrogens with one attached hydrogen (secondary N) is 1. The van der Waals surface area contributed by atoms with Crippen LogP contribution in [0.25, 0.3) is 0 Å². The van der Waals surface area contributed by atoms with Crippen LogP contribution in [0.5, 0.6) is 0 Å². The van der Waals surface area contributed by atoms with Crippen molar-refractivity contribution in [3.8, 4) is 0 Å². The van der Waals surface area contributed by atoms with E-state index in [1.54, 1.807) is 0 Å². The van der Waals surface area contributed by atoms with Crippen molar-refractivity contribution >= 4 is 23.3 Å². The Hall–Kier alpha value is -2.08. The molecule has 2 aromatic rings. The molecule has 2 aromatic carbocycles. The number of hydrogen-bond donors (Lipinski definition) is 3. The van der Waals surface area contributed by atoms with E-state index in [1.807, 2.05) is 25.1 Å². The van der Waals surface area contributed by atoms with E-state index in [2.05, 4.69) is 42.3 Å². The Balaban J connectivity index is 1.66. The second-order valence-corrected chi connectivity index (χ2v) is 10.2. The van der Waals surface area contributed by atoms with Crippen molar-refractivity contribution < 1.29 is 15.0 Å². The molecular weight excluding hydrogens is 424 g/mol. The van der Waals surface area contributed by atoms with Gasteiger partial charge in [-0.15, -0.1) is 0 Å². The van der Waals surface area contributed by atoms with E-state index in [1.165, 1.54) is 16.7 Å². The molecule has 1 heterocycles. The van der Waals surface area contributed by atoms with Crippen LogP contribution in [-0.4, -0.2) is 39.8 Å². The molecule has 0 bridgehead atoms. The fourth-order valence-corrected chi connectivity index (χ4v) is 5.75. The number of rotatable bonds is 6. The summed E-state index contributed by atoms with van der Waals surface area (Å²) in [4.78, 5) is 15.0. The van der Waals surface area contributed by atoms with Gasteiger partial charge >= 0.3 is 5.97 Å². The van der Waals surface area contributed by atoms with Crippen LogP contribution in [0.4, 0.5) is 5.69 Å². The highest BCUT2D eigenvalue weighted by Crippen LogP contribution is 2.52. The van der Waals surface area contributed by atoms with E-state index in [4.69, 9.17) is 11.6 Å². The van der Waals surface area contributed by atoms with Gasteiger partial charge in [-0.25, -0.2) is 4.79 Å². The van der Waals surface area contributed by atoms with E-state index >= 15 is 0 Å². The van der Waals surface area contributed by atoms with Crippen molar-refractivity contribution in [1.82, 2.24) is 4.90 Å². The molecule has 1 saturated carbocycles. The van der Waals surface area contributed by atoms with E-state index in [0.29, 0.717) is 17.9 Å². The number of carboxylic acid groups (broad SMARTS) is 1. The SMILES string of the molecule is Cc1ccc2c(c1)CN(C[C@@H](C)CO)C21CCC(Nc2cccc(Cl)c2C)(C(=O)O)CC1. The van der Waals surface area contributed by atoms with Crippen LogP contribution in [0, 0.1) is 19.8 Å². The number of fused-ring (bicyclic) bond motifs is 2. The Morgan fingerprint density at radius 1 is 1.19 bits per heavy atom. The highest BCUT2D eigenvalue weighted by Gasteiger charge is 2.53. The minimum Gasteiger partial charge on any atom is -0.480 e. The maximum atomic E-state index is 12.5. The molecule has 1 atom stereocenters. The standard InChI is InChI=1S/C26H33ClN2O3/c1-17-7-8-21-20(13-17)15-29(14-18(2)16-30)26(21)11-9-25(10-12-26,24(31)32)28-23-6-4-5-22(27)19(23)3/h4-8,13,18,28,30H,9-12,14-16H2,1-3H3,(H,31,32)/t18-,25?,26?/m1/s1. The third-order valence-electron chi connectivity index (χ3n) is 7.55. The molecule has 1 aliphatic heterocycles. The summed E-state index contributed by atoms with van der Waals surface area (Å²) < 4.78 is 0. The van der Waals surface area contributed by atoms with Gasteiger partial charge in [0.05, 0.1) is 0 Å². The van der Waals surface area contributed by atoms with E-state index in [9.17, 15) is 15.0 Å². The van der Waals surface area contributed by atoms with E-state index < -0.39 is 11.5 Å². The van der Waals surface area contributed by atoms with Gasteiger partial charge in [0, 0.05) is 35.9 Å². The topological polar surface area (TPSA) is 72.8 Å². The van der Waals surface area contributed by atoms with Gasteiger partial charge in [0.25, 0.3) is 0 Å². The lowest BCUT2D eigenvalue weighted by atomic mass is 9.68. The predicted octanol–water partition coefficient (Wildman–Crippen LogP) is 5.11. The predicted molar refractivity (Wildman–Crippen MR) is 128 cm³/mol. The Kier molecular flexibility index (Phi) is 6.27. The lowest BCUT2D eigenvalue weighted by Gasteiger charge is -2.48. The molecule has 2 aliphatic rings. The van der Waals surface area contributed by atoms with Crippen LogP contribution >= 0.6 is 11.6 Å². The highest BCUT2D eigenvalue weighted by molar-refractivity contribution is 6.31. The number of carbonyl (C=O) groups is 1. The van der Waals surface area contributed by atoms with Gasteiger partial charge in [0.2, 0.25) is 0 Å². The second kappa shape index (κ2) is 8.69. The first-order valence-electron chi connectivity index (χ1n) is 11.4. The Morgan fingerprint density at radius 2 is 1.91 bits per heavy atom. The quantitative estimate of drug-likeness (QED) is 0.563. The number of carboxylic acids is 1. The molecule has 5 nitrogen and oxygen atoms in total. The van der Waals surface area contributed by atoms with Gasteiger partial charge in [-0.05, 0) is 74.3 Å². The maximum Gasteiger partial charge on any atom is 0.329 e. The molecule has 0 radical (unpaired) electrons. The average molecular weight is 457 g/mol. The first-order chi connectivity index (χ1) is 15.2. The van der Waals surface area contributed by atoms with Gasteiger partial charge in [-0.1, -0.05) is 48.4 Å². The monoisotopic (exact) mass is 456 g/mol. The molecule has 32 heavy (non-hydrogen) atoms. The average Bonchev–Trinajstić information content (AvgIpc) is 3.04. The smallest absolute Gasteiger partial charge is 0.329 e. The number of hydrogen-bond acceptors (Lipinski definition) is 4. The summed E-state index contributed by atoms with van der Waals surface area (Å²) in [5.41, 5.74) is 4.34. The molecule has 6 heteroatoms. The van der Waals surface area contributed by atoms with Crippen molar-refractivity contribution in [3.05, 3.63) is 63.7 Å². The summed E-state index contributed by atoms with van der Waals surface area (Å²) in [6, 6.07) is 12.2. The van der Waals surface area contributed by atoms with Gasteiger partial charge in [-0.2, -0.15) is 0 Å². The van der Waals surface area contributed by atoms with Crippen LogP contribution in [0.15, 0.2) is 36.4 Å². The van der Waals surface area contributed by atoms with Crippen LogP contribution in [0.3, 0.4) is 0 Å². The summed E-state index contributed by atoms with van der Waals surface area (Å²) >= 11 is 6.29. The molecule has 172 valence electrons. The van der Waals surface area contributed by atoms with Crippen molar-refractivity contribution in [1.29, 1.82) is 0 Å². The molecule has 0 unspecified atom stereocenters. The summed E-state index contributed by atoms with van der Waals surface area (Å²) in [5, 5.41) is 24.0. The van der Waals surface area contributed by atoms with E-state index in [-0.39, 0.29) is 18.1 Å². The maximum absolute atomic E-state index is 12.5. The number of anilines is 1. The summed E-state index contributed by atoms with van der Waals surface area (Å²) in [7, 11) is 0. The number of aryl methyl sites for hydroxylation is 1. The lowest BCUT2D eigenvalue weighted by Crippen LogP contribution is -2.55. The number of nitrogens with zero attached hydrogens (tertiary/aromatic N) is 1. The van der Waals surface area contributed by atoms with Crippen molar-refractivity contribution in [3.63, 3.8) is 0 Å². The number of benzene rings is 2. The minimum atomic E-state index is -1.03. The molecular formula is C26H33ClN2O3. The van der Waals surface area contributed by atoms with E-state index in [0.717, 1.165) is 37.2 Å². The van der Waals surface area contributed by atoms with Gasteiger partial charge in [0.15, 0.2) is 0 Å².